The zero-order valence-electron chi connectivity index (χ0n) is 3.17. The van der Waals surface area contributed by atoms with Crippen molar-refractivity contribution in [3.8, 4) is 0 Å². The van der Waals surface area contributed by atoms with E-state index in [9.17, 15) is 0 Å². The van der Waals surface area contributed by atoms with Crippen molar-refractivity contribution in [1.29, 1.82) is 0 Å². The van der Waals surface area contributed by atoms with E-state index in [0.29, 0.717) is 3.95 Å². The van der Waals surface area contributed by atoms with Crippen LogP contribution in [0, 0.1) is 49.9 Å². The molecule has 0 aliphatic carbocycles. The predicted molar refractivity (Wildman–Crippen MR) is 26.1 cm³/mol. The van der Waals surface area contributed by atoms with Crippen LogP contribution in [-0.2, 0) is 0 Å². The molecule has 0 amide bonds. The summed E-state index contributed by atoms with van der Waals surface area (Å²) in [6, 6.07) is 0. The van der Waals surface area contributed by atoms with Crippen molar-refractivity contribution in [1.82, 2.24) is 10.2 Å². The molecule has 1 heterocycles. The summed E-state index contributed by atoms with van der Waals surface area (Å²) in [6.07, 6.45) is 0. The summed E-state index contributed by atoms with van der Waals surface area (Å²) in [5.41, 5.74) is 2.56. The molecule has 0 saturated carbocycles. The minimum absolute atomic E-state index is 0. The number of hydrogen-bond donors (Lipinski definition) is 1. The van der Waals surface area contributed by atoms with Gasteiger partial charge < -0.3 is 16.4 Å². The van der Waals surface area contributed by atoms with Gasteiger partial charge in [-0.15, -0.1) is 0 Å². The zero-order valence-corrected chi connectivity index (χ0v) is 7.42. The molecule has 2 nitrogen and oxygen atoms in total. The van der Waals surface area contributed by atoms with Gasteiger partial charge in [-0.2, -0.15) is 12.2 Å². The molecule has 0 aromatic carbocycles. The number of aromatic amines is 1. The maximum Gasteiger partial charge on any atom is 0.0193 e. The standard InChI is InChI=1S/C2HN2S2.Sm/c5-2-4-3-1-6-2;/h(H,4,5);/q-1;. The van der Waals surface area contributed by atoms with Crippen LogP contribution in [0.5, 0.6) is 0 Å². The van der Waals surface area contributed by atoms with Gasteiger partial charge in [0.2, 0.25) is 0 Å². The summed E-state index contributed by atoms with van der Waals surface area (Å²) in [5.74, 6) is 0. The molecule has 1 aromatic heterocycles. The van der Waals surface area contributed by atoms with E-state index >= 15 is 0 Å². The van der Waals surface area contributed by atoms with Gasteiger partial charge >= 0.3 is 0 Å². The van der Waals surface area contributed by atoms with Crippen LogP contribution in [0.3, 0.4) is 0 Å². The Balaban J connectivity index is 0.000000360. The van der Waals surface area contributed by atoms with Gasteiger partial charge in [-0.05, 0) is 0 Å². The molecule has 0 spiro atoms. The van der Waals surface area contributed by atoms with Crippen molar-refractivity contribution in [3.63, 3.8) is 0 Å². The molecule has 38 valence electrons. The number of aromatic nitrogens is 2. The van der Waals surface area contributed by atoms with E-state index in [1.54, 1.807) is 0 Å². The number of nitrogens with one attached hydrogen (secondary N) is 1. The summed E-state index contributed by atoms with van der Waals surface area (Å²) in [4.78, 5) is 0. The first-order chi connectivity index (χ1) is 2.89. The van der Waals surface area contributed by atoms with Gasteiger partial charge in [0.1, 0.15) is 0 Å². The molecule has 0 atom stereocenters. The Bertz CT molecular complexity index is 151. The number of hydrogen-bond acceptors (Lipinski definition) is 3. The fourth-order valence-corrected chi connectivity index (χ4v) is 0.578. The van der Waals surface area contributed by atoms with E-state index < -0.39 is 0 Å². The minimum atomic E-state index is 0. The van der Waals surface area contributed by atoms with Crippen LogP contribution in [0.2, 0.25) is 0 Å². The third-order valence-corrected chi connectivity index (χ3v) is 1.13. The molecule has 0 bridgehead atoms. The first kappa shape index (κ1) is 8.12. The van der Waals surface area contributed by atoms with Crippen molar-refractivity contribution in [3.05, 3.63) is 9.46 Å². The molecule has 1 aromatic rings. The second-order valence-electron chi connectivity index (χ2n) is 0.704. The smallest absolute Gasteiger partial charge is 0.0193 e. The normalized spacial score (nSPS) is 7.43. The Hall–Kier alpha value is 1.12. The number of H-pyrrole nitrogens is 1. The van der Waals surface area contributed by atoms with Crippen molar-refractivity contribution >= 4 is 23.6 Å². The molecule has 7 heavy (non-hydrogen) atoms. The van der Waals surface area contributed by atoms with Gasteiger partial charge in [-0.25, -0.2) is 0 Å². The molecule has 0 unspecified atom stereocenters. The van der Waals surface area contributed by atoms with Gasteiger partial charge in [0, 0.05) is 44.3 Å². The van der Waals surface area contributed by atoms with Crippen LogP contribution in [0.25, 0.3) is 0 Å². The second-order valence-corrected chi connectivity index (χ2v) is 2.17. The maximum atomic E-state index is 4.61. The molecule has 0 fully saturated rings. The minimum Gasteiger partial charge on any atom is -0.355 e. The Labute approximate surface area is 82.4 Å². The molecular weight excluding hydrogens is 267 g/mol. The fourth-order valence-electron chi connectivity index (χ4n) is 0.156. The Kier molecular flexibility index (Phi) is 4.69. The van der Waals surface area contributed by atoms with E-state index in [1.165, 1.54) is 11.3 Å². The van der Waals surface area contributed by atoms with E-state index in [1.807, 2.05) is 0 Å². The topological polar surface area (TPSA) is 28.7 Å². The Morgan fingerprint density at radius 2 is 2.57 bits per heavy atom. The van der Waals surface area contributed by atoms with Crippen molar-refractivity contribution in [2.24, 2.45) is 0 Å². The largest absolute Gasteiger partial charge is 0.355 e. The van der Waals surface area contributed by atoms with Crippen LogP contribution >= 0.6 is 23.6 Å². The Morgan fingerprint density at radius 3 is 2.71 bits per heavy atom. The van der Waals surface area contributed by atoms with Crippen molar-refractivity contribution in [2.75, 3.05) is 0 Å². The summed E-state index contributed by atoms with van der Waals surface area (Å²) < 4.78 is 0.676. The molecule has 0 radical (unpaired) electrons. The third kappa shape index (κ3) is 2.83. The van der Waals surface area contributed by atoms with Crippen LogP contribution in [0.15, 0.2) is 0 Å². The van der Waals surface area contributed by atoms with Crippen LogP contribution in [0.1, 0.15) is 0 Å². The van der Waals surface area contributed by atoms with Gasteiger partial charge in [-0.1, -0.05) is 5.51 Å². The number of rotatable bonds is 0. The van der Waals surface area contributed by atoms with Crippen LogP contribution < -0.4 is 0 Å². The molecular formula is C2HN2S2Sm-. The van der Waals surface area contributed by atoms with Crippen LogP contribution in [-0.4, -0.2) is 10.2 Å². The van der Waals surface area contributed by atoms with Gasteiger partial charge in [0.25, 0.3) is 0 Å². The summed E-state index contributed by atoms with van der Waals surface area (Å²) >= 11 is 5.92. The van der Waals surface area contributed by atoms with Crippen molar-refractivity contribution in [2.45, 2.75) is 0 Å². The van der Waals surface area contributed by atoms with Gasteiger partial charge in [-0.3, -0.25) is 5.10 Å². The first-order valence-electron chi connectivity index (χ1n) is 1.31. The quantitative estimate of drug-likeness (QED) is 0.561. The number of nitrogens with zero attached hydrogens (tertiary/aromatic N) is 1. The maximum absolute atomic E-state index is 4.61. The average molecular weight is 268 g/mol. The van der Waals surface area contributed by atoms with Gasteiger partial charge in [0.05, 0.1) is 0 Å². The van der Waals surface area contributed by atoms with Crippen molar-refractivity contribution < 1.29 is 40.4 Å². The van der Waals surface area contributed by atoms with Crippen LogP contribution in [0.4, 0.5) is 0 Å². The van der Waals surface area contributed by atoms with Gasteiger partial charge in [0.15, 0.2) is 0 Å². The molecule has 0 aliphatic rings. The van der Waals surface area contributed by atoms with E-state index in [-0.39, 0.29) is 40.4 Å². The average Bonchev–Trinajstić information content (AvgIpc) is 1.86. The zero-order chi connectivity index (χ0) is 4.41. The SMILES string of the molecule is S=c1[nH]n[c-]s1.[Sm]. The molecule has 0 saturated heterocycles. The van der Waals surface area contributed by atoms with E-state index in [0.717, 1.165) is 0 Å². The fraction of sp³-hybridized carbons (Fsp3) is 0. The molecule has 5 heteroatoms. The Morgan fingerprint density at radius 1 is 1.86 bits per heavy atom. The third-order valence-electron chi connectivity index (χ3n) is 0.331. The molecule has 1 N–H and O–H groups in total. The second kappa shape index (κ2) is 4.04. The summed E-state index contributed by atoms with van der Waals surface area (Å²) in [5, 5.41) is 6.01. The van der Waals surface area contributed by atoms with E-state index in [4.69, 9.17) is 0 Å². The van der Waals surface area contributed by atoms with E-state index in [2.05, 4.69) is 27.9 Å². The summed E-state index contributed by atoms with van der Waals surface area (Å²) in [7, 11) is 0. The molecule has 0 aliphatic heterocycles. The first-order valence-corrected chi connectivity index (χ1v) is 2.53. The predicted octanol–water partition coefficient (Wildman–Crippen LogP) is 1.00. The monoisotopic (exact) mass is 269 g/mol. The molecule has 1 rings (SSSR count). The summed E-state index contributed by atoms with van der Waals surface area (Å²) in [6.45, 7) is 0.